The van der Waals surface area contributed by atoms with Gasteiger partial charge in [0.2, 0.25) is 0 Å². The zero-order valence-corrected chi connectivity index (χ0v) is 11.4. The number of thiophene rings is 1. The van der Waals surface area contributed by atoms with Gasteiger partial charge in [0.15, 0.2) is 0 Å². The number of carbonyl (C=O) groups is 2. The highest BCUT2D eigenvalue weighted by atomic mass is 32.1. The first-order valence-electron chi connectivity index (χ1n) is 6.13. The van der Waals surface area contributed by atoms with Crippen LogP contribution in [0.5, 0.6) is 0 Å². The smallest absolute Gasteiger partial charge is 0.326 e. The first kappa shape index (κ1) is 13.5. The minimum Gasteiger partial charge on any atom is -0.480 e. The third-order valence-electron chi connectivity index (χ3n) is 2.91. The molecular weight excluding hydrogens is 262 g/mol. The summed E-state index contributed by atoms with van der Waals surface area (Å²) in [5, 5.41) is 14.3. The average molecular weight is 277 g/mol. The highest BCUT2D eigenvalue weighted by Crippen LogP contribution is 2.25. The van der Waals surface area contributed by atoms with Crippen molar-refractivity contribution in [3.8, 4) is 0 Å². The quantitative estimate of drug-likeness (QED) is 0.883. The maximum atomic E-state index is 12.1. The van der Waals surface area contributed by atoms with Gasteiger partial charge in [-0.05, 0) is 12.5 Å². The summed E-state index contributed by atoms with van der Waals surface area (Å²) in [5.41, 5.74) is 0.544. The SMILES string of the molecule is CCC[C@@H](NC(=O)c1csc2ccccc12)C(=O)O. The fourth-order valence-electron chi connectivity index (χ4n) is 1.94. The maximum absolute atomic E-state index is 12.1. The second-order valence-electron chi connectivity index (χ2n) is 4.30. The van der Waals surface area contributed by atoms with Crippen molar-refractivity contribution in [1.29, 1.82) is 0 Å². The van der Waals surface area contributed by atoms with Crippen LogP contribution in [0.25, 0.3) is 10.1 Å². The largest absolute Gasteiger partial charge is 0.480 e. The van der Waals surface area contributed by atoms with Crippen LogP contribution < -0.4 is 5.32 Å². The molecule has 2 rings (SSSR count). The molecule has 0 saturated carbocycles. The van der Waals surface area contributed by atoms with E-state index < -0.39 is 12.0 Å². The number of carbonyl (C=O) groups excluding carboxylic acids is 1. The molecular formula is C14H15NO3S. The van der Waals surface area contributed by atoms with Crippen LogP contribution in [0.1, 0.15) is 30.1 Å². The number of aliphatic carboxylic acids is 1. The van der Waals surface area contributed by atoms with Gasteiger partial charge < -0.3 is 10.4 Å². The third kappa shape index (κ3) is 2.93. The lowest BCUT2D eigenvalue weighted by atomic mass is 10.1. The van der Waals surface area contributed by atoms with Crippen LogP contribution in [0.15, 0.2) is 29.6 Å². The van der Waals surface area contributed by atoms with Crippen molar-refractivity contribution in [3.63, 3.8) is 0 Å². The van der Waals surface area contributed by atoms with E-state index in [2.05, 4.69) is 5.32 Å². The Balaban J connectivity index is 2.22. The van der Waals surface area contributed by atoms with Gasteiger partial charge in [-0.15, -0.1) is 11.3 Å². The van der Waals surface area contributed by atoms with E-state index in [1.165, 1.54) is 11.3 Å². The molecule has 0 saturated heterocycles. The predicted octanol–water partition coefficient (Wildman–Crippen LogP) is 2.88. The van der Waals surface area contributed by atoms with Crippen LogP contribution in [0.2, 0.25) is 0 Å². The van der Waals surface area contributed by atoms with Crippen molar-refractivity contribution in [2.24, 2.45) is 0 Å². The summed E-state index contributed by atoms with van der Waals surface area (Å²) in [4.78, 5) is 23.2. The monoisotopic (exact) mass is 277 g/mol. The number of nitrogens with one attached hydrogen (secondary N) is 1. The summed E-state index contributed by atoms with van der Waals surface area (Å²) < 4.78 is 1.02. The standard InChI is InChI=1S/C14H15NO3S/c1-2-5-11(14(17)18)15-13(16)10-8-19-12-7-4-3-6-9(10)12/h3-4,6-8,11H,2,5H2,1H3,(H,15,16)(H,17,18)/t11-/m1/s1. The van der Waals surface area contributed by atoms with Crippen LogP contribution in [-0.4, -0.2) is 23.0 Å². The molecule has 0 radical (unpaired) electrons. The van der Waals surface area contributed by atoms with E-state index in [0.29, 0.717) is 18.4 Å². The minimum atomic E-state index is -0.991. The van der Waals surface area contributed by atoms with Gasteiger partial charge in [0.05, 0.1) is 5.56 Å². The Bertz CT molecular complexity index is 606. The lowest BCUT2D eigenvalue weighted by Gasteiger charge is -2.13. The first-order valence-corrected chi connectivity index (χ1v) is 7.01. The van der Waals surface area contributed by atoms with E-state index in [0.717, 1.165) is 10.1 Å². The zero-order valence-electron chi connectivity index (χ0n) is 10.6. The van der Waals surface area contributed by atoms with Gasteiger partial charge in [0.1, 0.15) is 6.04 Å². The molecule has 0 bridgehead atoms. The number of amides is 1. The van der Waals surface area contributed by atoms with Gasteiger partial charge in [-0.2, -0.15) is 0 Å². The van der Waals surface area contributed by atoms with Gasteiger partial charge in [-0.1, -0.05) is 31.5 Å². The molecule has 0 aliphatic rings. The fraction of sp³-hybridized carbons (Fsp3) is 0.286. The molecule has 1 heterocycles. The number of hydrogen-bond acceptors (Lipinski definition) is 3. The number of hydrogen-bond donors (Lipinski definition) is 2. The number of rotatable bonds is 5. The lowest BCUT2D eigenvalue weighted by Crippen LogP contribution is -2.40. The molecule has 100 valence electrons. The van der Waals surface area contributed by atoms with Crippen molar-refractivity contribution in [3.05, 3.63) is 35.2 Å². The lowest BCUT2D eigenvalue weighted by molar-refractivity contribution is -0.139. The Kier molecular flexibility index (Phi) is 4.16. The highest BCUT2D eigenvalue weighted by molar-refractivity contribution is 7.17. The Morgan fingerprint density at radius 2 is 2.11 bits per heavy atom. The molecule has 1 atom stereocenters. The summed E-state index contributed by atoms with van der Waals surface area (Å²) in [7, 11) is 0. The zero-order chi connectivity index (χ0) is 13.8. The van der Waals surface area contributed by atoms with E-state index in [4.69, 9.17) is 5.11 Å². The Labute approximate surface area is 115 Å². The summed E-state index contributed by atoms with van der Waals surface area (Å²) in [6.07, 6.45) is 1.14. The molecule has 1 aromatic heterocycles. The molecule has 0 aliphatic carbocycles. The predicted molar refractivity (Wildman–Crippen MR) is 75.6 cm³/mol. The molecule has 0 spiro atoms. The molecule has 5 heteroatoms. The first-order chi connectivity index (χ1) is 9.13. The van der Waals surface area contributed by atoms with Crippen molar-refractivity contribution >= 4 is 33.3 Å². The van der Waals surface area contributed by atoms with E-state index >= 15 is 0 Å². The molecule has 0 unspecified atom stereocenters. The molecule has 2 N–H and O–H groups in total. The van der Waals surface area contributed by atoms with Crippen molar-refractivity contribution < 1.29 is 14.7 Å². The summed E-state index contributed by atoms with van der Waals surface area (Å²) in [6.45, 7) is 1.89. The van der Waals surface area contributed by atoms with Gasteiger partial charge in [-0.3, -0.25) is 4.79 Å². The van der Waals surface area contributed by atoms with Crippen molar-refractivity contribution in [1.82, 2.24) is 5.32 Å². The molecule has 0 aliphatic heterocycles. The fourth-order valence-corrected chi connectivity index (χ4v) is 2.88. The molecule has 0 fully saturated rings. The van der Waals surface area contributed by atoms with Crippen LogP contribution in [0.4, 0.5) is 0 Å². The van der Waals surface area contributed by atoms with Crippen molar-refractivity contribution in [2.75, 3.05) is 0 Å². The second-order valence-corrected chi connectivity index (χ2v) is 5.21. The highest BCUT2D eigenvalue weighted by Gasteiger charge is 2.21. The van der Waals surface area contributed by atoms with Crippen LogP contribution in [-0.2, 0) is 4.79 Å². The molecule has 19 heavy (non-hydrogen) atoms. The van der Waals surface area contributed by atoms with Crippen LogP contribution in [0, 0.1) is 0 Å². The van der Waals surface area contributed by atoms with Gasteiger partial charge in [0, 0.05) is 15.5 Å². The third-order valence-corrected chi connectivity index (χ3v) is 3.87. The van der Waals surface area contributed by atoms with Crippen molar-refractivity contribution in [2.45, 2.75) is 25.8 Å². The number of benzene rings is 1. The van der Waals surface area contributed by atoms with E-state index in [-0.39, 0.29) is 5.91 Å². The van der Waals surface area contributed by atoms with Crippen LogP contribution in [0.3, 0.4) is 0 Å². The van der Waals surface area contributed by atoms with Gasteiger partial charge in [0.25, 0.3) is 5.91 Å². The van der Waals surface area contributed by atoms with Gasteiger partial charge in [-0.25, -0.2) is 4.79 Å². The Morgan fingerprint density at radius 1 is 1.37 bits per heavy atom. The van der Waals surface area contributed by atoms with E-state index in [1.54, 1.807) is 5.38 Å². The summed E-state index contributed by atoms with van der Waals surface area (Å²) in [5.74, 6) is -1.31. The van der Waals surface area contributed by atoms with E-state index in [1.807, 2.05) is 31.2 Å². The molecule has 1 aromatic carbocycles. The number of carboxylic acid groups (broad SMARTS) is 1. The average Bonchev–Trinajstić information content (AvgIpc) is 2.81. The molecule has 2 aromatic rings. The number of fused-ring (bicyclic) bond motifs is 1. The maximum Gasteiger partial charge on any atom is 0.326 e. The Morgan fingerprint density at radius 3 is 2.79 bits per heavy atom. The topological polar surface area (TPSA) is 66.4 Å². The molecule has 1 amide bonds. The normalized spacial score (nSPS) is 12.3. The minimum absolute atomic E-state index is 0.321. The van der Waals surface area contributed by atoms with E-state index in [9.17, 15) is 9.59 Å². The second kappa shape index (κ2) is 5.84. The summed E-state index contributed by atoms with van der Waals surface area (Å²) >= 11 is 1.48. The van der Waals surface area contributed by atoms with Crippen LogP contribution >= 0.6 is 11.3 Å². The van der Waals surface area contributed by atoms with Gasteiger partial charge >= 0.3 is 5.97 Å². The number of carboxylic acids is 1. The Hall–Kier alpha value is -1.88. The molecule has 4 nitrogen and oxygen atoms in total. The summed E-state index contributed by atoms with van der Waals surface area (Å²) in [6, 6.07) is 6.77.